The molecule has 0 bridgehead atoms. The maximum absolute atomic E-state index is 11.0. The average molecular weight is 155 g/mol. The molecule has 11 heavy (non-hydrogen) atoms. The quantitative estimate of drug-likeness (QED) is 0.577. The van der Waals surface area contributed by atoms with Crippen LogP contribution < -0.4 is 0 Å². The van der Waals surface area contributed by atoms with E-state index >= 15 is 0 Å². The van der Waals surface area contributed by atoms with Crippen molar-refractivity contribution in [3.8, 4) is 0 Å². The summed E-state index contributed by atoms with van der Waals surface area (Å²) < 4.78 is 4.60. The fourth-order valence-electron chi connectivity index (χ4n) is 1.25. The van der Waals surface area contributed by atoms with E-state index in [1.54, 1.807) is 11.1 Å². The van der Waals surface area contributed by atoms with Crippen molar-refractivity contribution in [2.75, 3.05) is 7.11 Å². The van der Waals surface area contributed by atoms with Crippen molar-refractivity contribution in [2.45, 2.75) is 25.8 Å². The first-order valence-electron chi connectivity index (χ1n) is 3.82. The largest absolute Gasteiger partial charge is 0.452 e. The number of ether oxygens (including phenoxy) is 1. The number of amides is 1. The van der Waals surface area contributed by atoms with Crippen molar-refractivity contribution in [2.24, 2.45) is 0 Å². The first kappa shape index (κ1) is 8.11. The third-order valence-corrected chi connectivity index (χ3v) is 1.92. The van der Waals surface area contributed by atoms with Crippen LogP contribution in [0, 0.1) is 0 Å². The molecular formula is C8H13NO2. The number of carbonyl (C=O) groups excluding carboxylic acids is 1. The molecule has 3 nitrogen and oxygen atoms in total. The lowest BCUT2D eigenvalue weighted by atomic mass is 10.2. The van der Waals surface area contributed by atoms with Crippen LogP contribution >= 0.6 is 0 Å². The maximum Gasteiger partial charge on any atom is 0.413 e. The Morgan fingerprint density at radius 1 is 1.82 bits per heavy atom. The predicted molar refractivity (Wildman–Crippen MR) is 42.1 cm³/mol. The van der Waals surface area contributed by atoms with E-state index in [1.807, 2.05) is 6.08 Å². The number of hydrogen-bond donors (Lipinski definition) is 0. The lowest BCUT2D eigenvalue weighted by molar-refractivity contribution is 0.129. The van der Waals surface area contributed by atoms with Crippen LogP contribution in [-0.4, -0.2) is 24.1 Å². The van der Waals surface area contributed by atoms with Crippen LogP contribution in [0.2, 0.25) is 0 Å². The van der Waals surface area contributed by atoms with Gasteiger partial charge in [0.1, 0.15) is 0 Å². The Kier molecular flexibility index (Phi) is 2.52. The highest BCUT2D eigenvalue weighted by atomic mass is 16.5. The van der Waals surface area contributed by atoms with Gasteiger partial charge in [0.15, 0.2) is 0 Å². The van der Waals surface area contributed by atoms with Crippen LogP contribution in [0.15, 0.2) is 12.3 Å². The van der Waals surface area contributed by atoms with Crippen LogP contribution in [0.1, 0.15) is 19.8 Å². The smallest absolute Gasteiger partial charge is 0.413 e. The van der Waals surface area contributed by atoms with Gasteiger partial charge < -0.3 is 4.74 Å². The summed E-state index contributed by atoms with van der Waals surface area (Å²) in [6, 6.07) is 0.308. The van der Waals surface area contributed by atoms with Gasteiger partial charge in [0.05, 0.1) is 7.11 Å². The summed E-state index contributed by atoms with van der Waals surface area (Å²) in [7, 11) is 1.40. The first-order valence-corrected chi connectivity index (χ1v) is 3.82. The first-order chi connectivity index (χ1) is 5.29. The van der Waals surface area contributed by atoms with Gasteiger partial charge in [0.2, 0.25) is 0 Å². The van der Waals surface area contributed by atoms with Crippen LogP contribution in [0.4, 0.5) is 4.79 Å². The van der Waals surface area contributed by atoms with E-state index in [2.05, 4.69) is 11.7 Å². The van der Waals surface area contributed by atoms with Crippen LogP contribution in [-0.2, 0) is 4.74 Å². The molecule has 0 unspecified atom stereocenters. The van der Waals surface area contributed by atoms with E-state index in [-0.39, 0.29) is 6.09 Å². The van der Waals surface area contributed by atoms with Crippen molar-refractivity contribution in [1.29, 1.82) is 0 Å². The zero-order valence-electron chi connectivity index (χ0n) is 6.91. The van der Waals surface area contributed by atoms with Gasteiger partial charge in [0, 0.05) is 12.2 Å². The molecule has 0 N–H and O–H groups in total. The van der Waals surface area contributed by atoms with Crippen LogP contribution in [0.25, 0.3) is 0 Å². The third-order valence-electron chi connectivity index (χ3n) is 1.92. The molecule has 1 heterocycles. The van der Waals surface area contributed by atoms with Gasteiger partial charge in [0.25, 0.3) is 0 Å². The van der Waals surface area contributed by atoms with E-state index in [4.69, 9.17) is 0 Å². The van der Waals surface area contributed by atoms with Crippen molar-refractivity contribution in [1.82, 2.24) is 4.90 Å². The molecule has 0 saturated carbocycles. The van der Waals surface area contributed by atoms with Gasteiger partial charge in [-0.15, -0.1) is 0 Å². The molecule has 1 amide bonds. The molecular weight excluding hydrogens is 142 g/mol. The monoisotopic (exact) mass is 155 g/mol. The second-order valence-electron chi connectivity index (χ2n) is 2.56. The highest BCUT2D eigenvalue weighted by Gasteiger charge is 2.23. The average Bonchev–Trinajstić information content (AvgIpc) is 2.50. The summed E-state index contributed by atoms with van der Waals surface area (Å²) in [5, 5.41) is 0. The van der Waals surface area contributed by atoms with Crippen molar-refractivity contribution >= 4 is 6.09 Å². The standard InChI is InChI=1S/C8H13NO2/c1-3-7-5-4-6-9(7)8(10)11-2/h4,6-7H,3,5H2,1-2H3/t7-/m1/s1. The molecule has 0 aromatic rings. The molecule has 1 atom stereocenters. The van der Waals surface area contributed by atoms with Gasteiger partial charge in [-0.1, -0.05) is 13.0 Å². The van der Waals surface area contributed by atoms with Crippen LogP contribution in [0.3, 0.4) is 0 Å². The molecule has 0 radical (unpaired) electrons. The fraction of sp³-hybridized carbons (Fsp3) is 0.625. The molecule has 62 valence electrons. The molecule has 0 spiro atoms. The number of nitrogens with zero attached hydrogens (tertiary/aromatic N) is 1. The molecule has 0 aliphatic carbocycles. The highest BCUT2D eigenvalue weighted by Crippen LogP contribution is 2.17. The minimum atomic E-state index is -0.259. The van der Waals surface area contributed by atoms with E-state index in [0.717, 1.165) is 12.8 Å². The lowest BCUT2D eigenvalue weighted by Gasteiger charge is -2.20. The van der Waals surface area contributed by atoms with Gasteiger partial charge in [-0.2, -0.15) is 0 Å². The van der Waals surface area contributed by atoms with Gasteiger partial charge in [-0.3, -0.25) is 4.90 Å². The Hall–Kier alpha value is -0.990. The van der Waals surface area contributed by atoms with E-state index in [9.17, 15) is 4.79 Å². The number of rotatable bonds is 1. The molecule has 0 aromatic heterocycles. The number of methoxy groups -OCH3 is 1. The van der Waals surface area contributed by atoms with Crippen LogP contribution in [0.5, 0.6) is 0 Å². The Bertz CT molecular complexity index is 177. The summed E-state index contributed by atoms with van der Waals surface area (Å²) in [5.74, 6) is 0. The second kappa shape index (κ2) is 3.42. The Morgan fingerprint density at radius 2 is 2.55 bits per heavy atom. The van der Waals surface area contributed by atoms with Crippen molar-refractivity contribution in [3.63, 3.8) is 0 Å². The summed E-state index contributed by atoms with van der Waals surface area (Å²) >= 11 is 0. The number of hydrogen-bond acceptors (Lipinski definition) is 2. The SMILES string of the molecule is CC[C@@H]1CC=CN1C(=O)OC. The number of carbonyl (C=O) groups is 1. The van der Waals surface area contributed by atoms with E-state index in [0.29, 0.717) is 6.04 Å². The highest BCUT2D eigenvalue weighted by molar-refractivity contribution is 5.69. The Balaban J connectivity index is 2.55. The second-order valence-corrected chi connectivity index (χ2v) is 2.56. The van der Waals surface area contributed by atoms with Gasteiger partial charge in [-0.25, -0.2) is 4.79 Å². The summed E-state index contributed by atoms with van der Waals surface area (Å²) in [6.07, 6.45) is 5.45. The van der Waals surface area contributed by atoms with E-state index < -0.39 is 0 Å². The molecule has 1 aliphatic heterocycles. The fourth-order valence-corrected chi connectivity index (χ4v) is 1.25. The van der Waals surface area contributed by atoms with Gasteiger partial charge in [-0.05, 0) is 12.8 Å². The maximum atomic E-state index is 11.0. The molecule has 0 aromatic carbocycles. The minimum Gasteiger partial charge on any atom is -0.452 e. The lowest BCUT2D eigenvalue weighted by Crippen LogP contribution is -2.32. The molecule has 0 saturated heterocycles. The molecule has 1 aliphatic rings. The van der Waals surface area contributed by atoms with Crippen molar-refractivity contribution < 1.29 is 9.53 Å². The zero-order valence-corrected chi connectivity index (χ0v) is 6.91. The van der Waals surface area contributed by atoms with Crippen molar-refractivity contribution in [3.05, 3.63) is 12.3 Å². The summed E-state index contributed by atoms with van der Waals surface area (Å²) in [6.45, 7) is 2.06. The minimum absolute atomic E-state index is 0.259. The topological polar surface area (TPSA) is 29.5 Å². The molecule has 3 heteroatoms. The summed E-state index contributed by atoms with van der Waals surface area (Å²) in [5.41, 5.74) is 0. The molecule has 0 fully saturated rings. The van der Waals surface area contributed by atoms with E-state index in [1.165, 1.54) is 7.11 Å². The predicted octanol–water partition coefficient (Wildman–Crippen LogP) is 1.75. The van der Waals surface area contributed by atoms with Gasteiger partial charge >= 0.3 is 6.09 Å². The molecule has 1 rings (SSSR count). The Morgan fingerprint density at radius 3 is 3.09 bits per heavy atom. The Labute approximate surface area is 66.6 Å². The zero-order chi connectivity index (χ0) is 8.27. The summed E-state index contributed by atoms with van der Waals surface area (Å²) in [4.78, 5) is 12.7. The third kappa shape index (κ3) is 1.53. The normalized spacial score (nSPS) is 22.4.